The molecule has 0 radical (unpaired) electrons. The van der Waals surface area contributed by atoms with Crippen LogP contribution in [-0.2, 0) is 20.1 Å². The number of hydrogen-bond acceptors (Lipinski definition) is 6. The van der Waals surface area contributed by atoms with Crippen LogP contribution in [0, 0.1) is 44.5 Å². The molecule has 0 amide bonds. The highest BCUT2D eigenvalue weighted by Gasteiger charge is 2.07. The minimum absolute atomic E-state index is 0.619. The van der Waals surface area contributed by atoms with E-state index in [1.165, 1.54) is 11.1 Å². The zero-order valence-electron chi connectivity index (χ0n) is 24.0. The molecule has 6 aromatic rings. The van der Waals surface area contributed by atoms with E-state index in [0.29, 0.717) is 31.0 Å². The number of rotatable bonds is 4. The Labute approximate surface area is 249 Å². The summed E-state index contributed by atoms with van der Waals surface area (Å²) in [5.74, 6) is 13.2. The highest BCUT2D eigenvalue weighted by Crippen LogP contribution is 2.19. The molecular weight excluding hydrogens is 546 g/mol. The zero-order valence-corrected chi connectivity index (χ0v) is 24.8. The molecule has 0 bridgehead atoms. The molecule has 0 saturated carbocycles. The number of aromatic nitrogens is 9. The molecule has 4 aromatic heterocycles. The van der Waals surface area contributed by atoms with Gasteiger partial charge in [0, 0.05) is 32.3 Å². The SMILES string of the molecule is Cc1ccc2nn(CCC#Cc3ccccn3)nc2c1C.Cc1nc(C#CCCn2nc3cccc(Cl)c3n2)cn1C. The van der Waals surface area contributed by atoms with Gasteiger partial charge in [-0.25, -0.2) is 9.97 Å². The van der Waals surface area contributed by atoms with Crippen LogP contribution in [0.5, 0.6) is 0 Å². The molecule has 6 rings (SSSR count). The number of aryl methyl sites for hydroxylation is 6. The minimum atomic E-state index is 0.619. The zero-order chi connectivity index (χ0) is 29.5. The lowest BCUT2D eigenvalue weighted by Gasteiger charge is -1.96. The summed E-state index contributed by atoms with van der Waals surface area (Å²) in [6, 6.07) is 15.4. The maximum Gasteiger partial charge on any atom is 0.131 e. The Bertz CT molecular complexity index is 1940. The quantitative estimate of drug-likeness (QED) is 0.259. The molecule has 0 aliphatic heterocycles. The first-order valence-corrected chi connectivity index (χ1v) is 13.9. The largest absolute Gasteiger partial charge is 0.337 e. The fourth-order valence-electron chi connectivity index (χ4n) is 4.08. The molecule has 0 N–H and O–H groups in total. The molecule has 9 nitrogen and oxygen atoms in total. The van der Waals surface area contributed by atoms with Crippen molar-refractivity contribution in [2.24, 2.45) is 7.05 Å². The van der Waals surface area contributed by atoms with E-state index in [4.69, 9.17) is 11.6 Å². The third-order valence-corrected chi connectivity index (χ3v) is 6.91. The maximum atomic E-state index is 6.07. The van der Waals surface area contributed by atoms with Gasteiger partial charge in [0.05, 0.1) is 18.1 Å². The normalized spacial score (nSPS) is 10.5. The van der Waals surface area contributed by atoms with Gasteiger partial charge in [-0.3, -0.25) is 0 Å². The van der Waals surface area contributed by atoms with Gasteiger partial charge in [-0.05, 0) is 74.1 Å². The van der Waals surface area contributed by atoms with Crippen molar-refractivity contribution in [2.45, 2.75) is 46.7 Å². The molecule has 0 saturated heterocycles. The van der Waals surface area contributed by atoms with Crippen molar-refractivity contribution in [3.8, 4) is 23.7 Å². The van der Waals surface area contributed by atoms with E-state index in [1.807, 2.05) is 67.2 Å². The fraction of sp³-hybridized carbons (Fsp3) is 0.250. The summed E-state index contributed by atoms with van der Waals surface area (Å²) >= 11 is 6.07. The van der Waals surface area contributed by atoms with Crippen molar-refractivity contribution in [2.75, 3.05) is 0 Å². The van der Waals surface area contributed by atoms with Crippen LogP contribution < -0.4 is 0 Å². The lowest BCUT2D eigenvalue weighted by molar-refractivity contribution is 0.555. The molecule has 42 heavy (non-hydrogen) atoms. The molecule has 0 spiro atoms. The van der Waals surface area contributed by atoms with E-state index in [-0.39, 0.29) is 0 Å². The molecule has 0 aliphatic rings. The highest BCUT2D eigenvalue weighted by atomic mass is 35.5. The number of hydrogen-bond donors (Lipinski definition) is 0. The summed E-state index contributed by atoms with van der Waals surface area (Å²) in [6.45, 7) is 7.44. The second-order valence-electron chi connectivity index (χ2n) is 9.68. The predicted molar refractivity (Wildman–Crippen MR) is 165 cm³/mol. The van der Waals surface area contributed by atoms with E-state index in [0.717, 1.165) is 39.3 Å². The number of nitrogens with zero attached hydrogens (tertiary/aromatic N) is 9. The van der Waals surface area contributed by atoms with Crippen molar-refractivity contribution in [1.29, 1.82) is 0 Å². The summed E-state index contributed by atoms with van der Waals surface area (Å²) in [7, 11) is 1.95. The lowest BCUT2D eigenvalue weighted by atomic mass is 10.1. The van der Waals surface area contributed by atoms with E-state index in [9.17, 15) is 0 Å². The Hall–Kier alpha value is -4.99. The summed E-state index contributed by atoms with van der Waals surface area (Å²) in [5, 5.41) is 18.4. The molecule has 210 valence electrons. The first-order valence-electron chi connectivity index (χ1n) is 13.6. The summed E-state index contributed by atoms with van der Waals surface area (Å²) in [5.41, 5.74) is 7.47. The predicted octanol–water partition coefficient (Wildman–Crippen LogP) is 5.45. The Morgan fingerprint density at radius 1 is 0.738 bits per heavy atom. The Kier molecular flexibility index (Phi) is 8.91. The van der Waals surface area contributed by atoms with Gasteiger partial charge in [0.15, 0.2) is 0 Å². The molecule has 0 unspecified atom stereocenters. The summed E-state index contributed by atoms with van der Waals surface area (Å²) in [4.78, 5) is 11.9. The topological polar surface area (TPSA) is 92.1 Å². The van der Waals surface area contributed by atoms with Gasteiger partial charge in [0.2, 0.25) is 0 Å². The van der Waals surface area contributed by atoms with Gasteiger partial charge >= 0.3 is 0 Å². The van der Waals surface area contributed by atoms with Crippen LogP contribution >= 0.6 is 11.6 Å². The molecule has 0 fully saturated rings. The van der Waals surface area contributed by atoms with Crippen LogP contribution in [0.1, 0.15) is 41.2 Å². The standard InChI is InChI=1S/C17H16N4.C15H14ClN5/c1-13-9-10-16-17(14(13)2)20-21(19-16)12-6-4-8-15-7-3-5-11-18-15;1-11-17-12(10-20(11)2)6-3-4-9-21-18-14-8-5-7-13(16)15(14)19-21/h3,5,7,9-11H,6,12H2,1-2H3;5,7-8,10H,4,9H2,1-2H3. The number of fused-ring (bicyclic) bond motifs is 2. The smallest absolute Gasteiger partial charge is 0.131 e. The number of imidazole rings is 1. The van der Waals surface area contributed by atoms with Crippen LogP contribution in [0.25, 0.3) is 22.1 Å². The molecule has 10 heteroatoms. The maximum absolute atomic E-state index is 6.07. The van der Waals surface area contributed by atoms with Crippen molar-refractivity contribution in [3.63, 3.8) is 0 Å². The monoisotopic (exact) mass is 575 g/mol. The third-order valence-electron chi connectivity index (χ3n) is 6.60. The van der Waals surface area contributed by atoms with Gasteiger partial charge in [-0.15, -0.1) is 0 Å². The van der Waals surface area contributed by atoms with E-state index in [1.54, 1.807) is 15.8 Å². The lowest BCUT2D eigenvalue weighted by Crippen LogP contribution is -2.01. The first-order chi connectivity index (χ1) is 20.4. The molecule has 4 heterocycles. The molecule has 0 atom stereocenters. The number of benzene rings is 2. The van der Waals surface area contributed by atoms with Gasteiger partial charge in [-0.2, -0.15) is 30.0 Å². The fourth-order valence-corrected chi connectivity index (χ4v) is 4.28. The van der Waals surface area contributed by atoms with Crippen LogP contribution in [0.4, 0.5) is 0 Å². The van der Waals surface area contributed by atoms with E-state index < -0.39 is 0 Å². The average molecular weight is 576 g/mol. The van der Waals surface area contributed by atoms with Gasteiger partial charge in [-0.1, -0.05) is 41.6 Å². The van der Waals surface area contributed by atoms with Crippen molar-refractivity contribution in [3.05, 3.63) is 94.3 Å². The van der Waals surface area contributed by atoms with Gasteiger partial charge < -0.3 is 4.57 Å². The van der Waals surface area contributed by atoms with Crippen LogP contribution in [0.3, 0.4) is 0 Å². The summed E-state index contributed by atoms with van der Waals surface area (Å²) < 4.78 is 1.95. The van der Waals surface area contributed by atoms with Crippen LogP contribution in [-0.4, -0.2) is 44.5 Å². The van der Waals surface area contributed by atoms with Gasteiger partial charge in [0.25, 0.3) is 0 Å². The average Bonchev–Trinajstić information content (AvgIpc) is 3.69. The second kappa shape index (κ2) is 13.1. The molecule has 2 aromatic carbocycles. The van der Waals surface area contributed by atoms with Crippen LogP contribution in [0.2, 0.25) is 5.02 Å². The Morgan fingerprint density at radius 2 is 1.43 bits per heavy atom. The van der Waals surface area contributed by atoms with E-state index in [2.05, 4.69) is 74.0 Å². The highest BCUT2D eigenvalue weighted by molar-refractivity contribution is 6.34. The summed E-state index contributed by atoms with van der Waals surface area (Å²) in [6.07, 6.45) is 5.03. The number of halogens is 1. The third kappa shape index (κ3) is 7.01. The van der Waals surface area contributed by atoms with Crippen LogP contribution in [0.15, 0.2) is 60.9 Å². The Balaban J connectivity index is 0.000000168. The van der Waals surface area contributed by atoms with Crippen molar-refractivity contribution >= 4 is 33.7 Å². The first kappa shape index (κ1) is 28.5. The van der Waals surface area contributed by atoms with Crippen molar-refractivity contribution in [1.82, 2.24) is 44.5 Å². The number of pyridine rings is 1. The van der Waals surface area contributed by atoms with Gasteiger partial charge in [0.1, 0.15) is 39.3 Å². The van der Waals surface area contributed by atoms with Crippen molar-refractivity contribution < 1.29 is 0 Å². The molecular formula is C32H30ClN9. The van der Waals surface area contributed by atoms with E-state index >= 15 is 0 Å². The second-order valence-corrected chi connectivity index (χ2v) is 10.1. The Morgan fingerprint density at radius 3 is 2.07 bits per heavy atom. The molecule has 0 aliphatic carbocycles. The minimum Gasteiger partial charge on any atom is -0.337 e.